The molecule has 0 radical (unpaired) electrons. The largest absolute Gasteiger partial charge is 0.344 e. The third kappa shape index (κ3) is 6.50. The molecule has 0 saturated heterocycles. The molecule has 0 aliphatic rings. The van der Waals surface area contributed by atoms with Crippen molar-refractivity contribution in [2.75, 3.05) is 25.5 Å². The monoisotopic (exact) mass is 382 g/mol. The molecule has 0 bridgehead atoms. The third-order valence-electron chi connectivity index (χ3n) is 4.78. The number of likely N-dealkylation sites (N-methyl/N-ethyl adjacent to an activating group) is 1. The molecule has 0 saturated carbocycles. The number of amides is 2. The quantitative estimate of drug-likeness (QED) is 0.624. The molecule has 2 atom stereocenters. The number of para-hydroxylation sites is 1. The van der Waals surface area contributed by atoms with E-state index in [2.05, 4.69) is 17.6 Å². The van der Waals surface area contributed by atoms with E-state index in [1.54, 1.807) is 0 Å². The molecular weight excluding hydrogens is 350 g/mol. The highest BCUT2D eigenvalue weighted by atomic mass is 16.2. The molecule has 0 aliphatic heterocycles. The van der Waals surface area contributed by atoms with Gasteiger partial charge in [0.05, 0.1) is 13.1 Å². The number of aryl methyl sites for hydroxylation is 2. The predicted octanol–water partition coefficient (Wildman–Crippen LogP) is 2.41. The van der Waals surface area contributed by atoms with E-state index in [9.17, 15) is 9.59 Å². The molecule has 2 aromatic carbocycles. The highest BCUT2D eigenvalue weighted by molar-refractivity contribution is 5.93. The second-order valence-electron chi connectivity index (χ2n) is 7.45. The molecule has 2 aromatic rings. The Kier molecular flexibility index (Phi) is 8.20. The van der Waals surface area contributed by atoms with Crippen molar-refractivity contribution < 1.29 is 14.5 Å². The van der Waals surface area contributed by atoms with Crippen molar-refractivity contribution in [1.29, 1.82) is 0 Å². The fraction of sp³-hybridized carbons (Fsp3) is 0.391. The lowest BCUT2D eigenvalue weighted by Gasteiger charge is -2.20. The molecule has 0 aliphatic carbocycles. The van der Waals surface area contributed by atoms with Crippen LogP contribution in [0.3, 0.4) is 0 Å². The summed E-state index contributed by atoms with van der Waals surface area (Å²) in [5.74, 6) is -0.129. The molecule has 0 aromatic heterocycles. The van der Waals surface area contributed by atoms with Crippen molar-refractivity contribution in [3.63, 3.8) is 0 Å². The molecule has 2 amide bonds. The van der Waals surface area contributed by atoms with Crippen LogP contribution in [0.25, 0.3) is 0 Å². The van der Waals surface area contributed by atoms with Crippen LogP contribution in [0.5, 0.6) is 0 Å². The maximum Gasteiger partial charge on any atom is 0.279 e. The Hall–Kier alpha value is -2.66. The zero-order valence-electron chi connectivity index (χ0n) is 17.3. The highest BCUT2D eigenvalue weighted by Crippen LogP contribution is 2.19. The summed E-state index contributed by atoms with van der Waals surface area (Å²) in [6.45, 7) is 6.56. The Labute approximate surface area is 168 Å². The molecule has 3 N–H and O–H groups in total. The van der Waals surface area contributed by atoms with Crippen LogP contribution in [0.15, 0.2) is 48.5 Å². The molecule has 0 fully saturated rings. The maximum absolute atomic E-state index is 12.5. The number of benzene rings is 2. The van der Waals surface area contributed by atoms with Gasteiger partial charge >= 0.3 is 0 Å². The number of quaternary nitrogens is 1. The number of anilines is 1. The van der Waals surface area contributed by atoms with Gasteiger partial charge in [0.15, 0.2) is 13.1 Å². The molecule has 0 heterocycles. The molecule has 0 spiro atoms. The Morgan fingerprint density at radius 2 is 1.54 bits per heavy atom. The van der Waals surface area contributed by atoms with Gasteiger partial charge in [0.1, 0.15) is 0 Å². The summed E-state index contributed by atoms with van der Waals surface area (Å²) >= 11 is 0. The molecule has 28 heavy (non-hydrogen) atoms. The number of rotatable bonds is 9. The van der Waals surface area contributed by atoms with E-state index < -0.39 is 0 Å². The summed E-state index contributed by atoms with van der Waals surface area (Å²) in [6.07, 6.45) is 1.88. The maximum atomic E-state index is 12.5. The normalized spacial score (nSPS) is 12.9. The Balaban J connectivity index is 1.88. The molecule has 150 valence electrons. The first-order valence-electron chi connectivity index (χ1n) is 9.92. The summed E-state index contributed by atoms with van der Waals surface area (Å²) in [5, 5.41) is 6.09. The SMILES string of the molecule is CCC[C@@H](NC(=O)C[NH+](C)CC(=O)Nc1c(C)cccc1C)c1ccccc1. The number of carbonyl (C=O) groups is 2. The highest BCUT2D eigenvalue weighted by Gasteiger charge is 2.19. The first-order valence-corrected chi connectivity index (χ1v) is 9.92. The van der Waals surface area contributed by atoms with Gasteiger partial charge in [0, 0.05) is 5.69 Å². The van der Waals surface area contributed by atoms with Crippen LogP contribution in [0.2, 0.25) is 0 Å². The van der Waals surface area contributed by atoms with Gasteiger partial charge in [-0.25, -0.2) is 0 Å². The topological polar surface area (TPSA) is 62.6 Å². The van der Waals surface area contributed by atoms with Gasteiger partial charge in [-0.3, -0.25) is 9.59 Å². The van der Waals surface area contributed by atoms with Crippen LogP contribution in [-0.2, 0) is 9.59 Å². The third-order valence-corrected chi connectivity index (χ3v) is 4.78. The lowest BCUT2D eigenvalue weighted by molar-refractivity contribution is -0.862. The standard InChI is InChI=1S/C23H31N3O2/c1-5-10-20(19-13-7-6-8-14-19)24-21(27)15-26(4)16-22(28)25-23-17(2)11-9-12-18(23)3/h6-9,11-14,20H,5,10,15-16H2,1-4H3,(H,24,27)(H,25,28)/p+1/t20-/m1/s1. The Morgan fingerprint density at radius 3 is 2.14 bits per heavy atom. The molecule has 2 rings (SSSR count). The first kappa shape index (κ1) is 21.6. The predicted molar refractivity (Wildman–Crippen MR) is 113 cm³/mol. The van der Waals surface area contributed by atoms with Gasteiger partial charge in [0.25, 0.3) is 11.8 Å². The summed E-state index contributed by atoms with van der Waals surface area (Å²) in [6, 6.07) is 16.0. The van der Waals surface area contributed by atoms with Gasteiger partial charge in [-0.15, -0.1) is 0 Å². The van der Waals surface area contributed by atoms with Crippen molar-refractivity contribution in [1.82, 2.24) is 5.32 Å². The lowest BCUT2D eigenvalue weighted by atomic mass is 10.0. The Morgan fingerprint density at radius 1 is 0.929 bits per heavy atom. The van der Waals surface area contributed by atoms with Crippen molar-refractivity contribution in [2.24, 2.45) is 0 Å². The minimum absolute atomic E-state index is 0.00921. The van der Waals surface area contributed by atoms with E-state index in [1.165, 1.54) is 0 Å². The van der Waals surface area contributed by atoms with Crippen LogP contribution in [0.4, 0.5) is 5.69 Å². The van der Waals surface area contributed by atoms with E-state index in [0.717, 1.165) is 40.1 Å². The van der Waals surface area contributed by atoms with Crippen LogP contribution >= 0.6 is 0 Å². The second-order valence-corrected chi connectivity index (χ2v) is 7.45. The van der Waals surface area contributed by atoms with Gasteiger partial charge in [-0.2, -0.15) is 0 Å². The number of nitrogens with one attached hydrogen (secondary N) is 3. The first-order chi connectivity index (χ1) is 13.4. The molecular formula is C23H32N3O2+. The van der Waals surface area contributed by atoms with Gasteiger partial charge < -0.3 is 15.5 Å². The van der Waals surface area contributed by atoms with Gasteiger partial charge in [-0.05, 0) is 37.0 Å². The summed E-state index contributed by atoms with van der Waals surface area (Å²) in [7, 11) is 1.86. The molecule has 5 heteroatoms. The zero-order chi connectivity index (χ0) is 20.5. The lowest BCUT2D eigenvalue weighted by Crippen LogP contribution is -3.11. The van der Waals surface area contributed by atoms with Gasteiger partial charge in [-0.1, -0.05) is 61.9 Å². The number of carbonyl (C=O) groups excluding carboxylic acids is 2. The van der Waals surface area contributed by atoms with E-state index in [1.807, 2.05) is 69.4 Å². The minimum atomic E-state index is -0.0872. The van der Waals surface area contributed by atoms with E-state index >= 15 is 0 Å². The van der Waals surface area contributed by atoms with Crippen molar-refractivity contribution in [3.05, 3.63) is 65.2 Å². The van der Waals surface area contributed by atoms with Crippen molar-refractivity contribution in [3.8, 4) is 0 Å². The fourth-order valence-corrected chi connectivity index (χ4v) is 3.35. The van der Waals surface area contributed by atoms with Crippen LogP contribution < -0.4 is 15.5 Å². The summed E-state index contributed by atoms with van der Waals surface area (Å²) in [5.41, 5.74) is 4.04. The smallest absolute Gasteiger partial charge is 0.279 e. The van der Waals surface area contributed by atoms with Crippen molar-refractivity contribution >= 4 is 17.5 Å². The van der Waals surface area contributed by atoms with Gasteiger partial charge in [0.2, 0.25) is 0 Å². The zero-order valence-corrected chi connectivity index (χ0v) is 17.3. The Bertz CT molecular complexity index is 769. The number of hydrogen-bond acceptors (Lipinski definition) is 2. The van der Waals surface area contributed by atoms with Crippen molar-refractivity contribution in [2.45, 2.75) is 39.7 Å². The fourth-order valence-electron chi connectivity index (χ4n) is 3.35. The average Bonchev–Trinajstić information content (AvgIpc) is 2.65. The second kappa shape index (κ2) is 10.6. The van der Waals surface area contributed by atoms with E-state index in [-0.39, 0.29) is 30.9 Å². The van der Waals surface area contributed by atoms with E-state index in [0.29, 0.717) is 0 Å². The van der Waals surface area contributed by atoms with Crippen LogP contribution in [0.1, 0.15) is 42.5 Å². The minimum Gasteiger partial charge on any atom is -0.344 e. The summed E-state index contributed by atoms with van der Waals surface area (Å²) in [4.78, 5) is 25.7. The average molecular weight is 383 g/mol. The number of hydrogen-bond donors (Lipinski definition) is 3. The van der Waals surface area contributed by atoms with E-state index in [4.69, 9.17) is 0 Å². The molecule has 5 nitrogen and oxygen atoms in total. The van der Waals surface area contributed by atoms with Crippen LogP contribution in [0, 0.1) is 13.8 Å². The summed E-state index contributed by atoms with van der Waals surface area (Å²) < 4.78 is 0. The van der Waals surface area contributed by atoms with Crippen LogP contribution in [-0.4, -0.2) is 32.0 Å². The molecule has 1 unspecified atom stereocenters.